The summed E-state index contributed by atoms with van der Waals surface area (Å²) in [5.74, 6) is 0. The van der Waals surface area contributed by atoms with E-state index in [1.807, 2.05) is 0 Å². The topological polar surface area (TPSA) is 9.72 Å². The maximum absolute atomic E-state index is 2.48. The molecule has 0 unspecified atom stereocenters. The highest BCUT2D eigenvalue weighted by Gasteiger charge is 2.40. The lowest BCUT2D eigenvalue weighted by molar-refractivity contribution is 0.662. The van der Waals surface area contributed by atoms with Gasteiger partial charge in [-0.1, -0.05) is 135 Å². The van der Waals surface area contributed by atoms with Crippen LogP contribution in [0.1, 0.15) is 25.0 Å². The van der Waals surface area contributed by atoms with Gasteiger partial charge in [0.15, 0.2) is 0 Å². The molecule has 0 fully saturated rings. The zero-order valence-electron chi connectivity index (χ0n) is 34.9. The molecule has 11 rings (SSSR count). The predicted molar refractivity (Wildman–Crippen MR) is 263 cm³/mol. The fourth-order valence-corrected chi connectivity index (χ4v) is 9.57. The second-order valence-corrected chi connectivity index (χ2v) is 16.6. The van der Waals surface area contributed by atoms with Gasteiger partial charge >= 0.3 is 0 Å². The summed E-state index contributed by atoms with van der Waals surface area (Å²) in [5.41, 5.74) is 15.1. The van der Waals surface area contributed by atoms with Crippen molar-refractivity contribution in [1.82, 2.24) is 0 Å². The first-order valence-corrected chi connectivity index (χ1v) is 21.4. The number of fused-ring (bicyclic) bond motifs is 5. The Morgan fingerprint density at radius 1 is 0.290 bits per heavy atom. The molecule has 0 N–H and O–H groups in total. The molecule has 10 aromatic carbocycles. The van der Waals surface area contributed by atoms with Crippen molar-refractivity contribution in [3.05, 3.63) is 248 Å². The lowest BCUT2D eigenvalue weighted by Gasteiger charge is -2.31. The van der Waals surface area contributed by atoms with Crippen LogP contribution in [0.3, 0.4) is 0 Å². The number of rotatable bonds is 9. The Bertz CT molecular complexity index is 3070. The van der Waals surface area contributed by atoms with Crippen molar-refractivity contribution >= 4 is 72.7 Å². The molecule has 0 atom stereocenters. The van der Waals surface area contributed by atoms with Crippen LogP contribution in [-0.4, -0.2) is 0 Å². The smallest absolute Gasteiger partial charge is 0.0621 e. The van der Waals surface area contributed by atoms with Gasteiger partial charge in [-0.2, -0.15) is 0 Å². The molecule has 62 heavy (non-hydrogen) atoms. The molecule has 296 valence electrons. The van der Waals surface area contributed by atoms with E-state index in [2.05, 4.69) is 265 Å². The minimum absolute atomic E-state index is 0.302. The highest BCUT2D eigenvalue weighted by Crippen LogP contribution is 2.58. The average molecular weight is 796 g/mol. The lowest BCUT2D eigenvalue weighted by Crippen LogP contribution is -2.16. The molecule has 3 nitrogen and oxygen atoms in total. The standard InChI is InChI=1S/C59H45N3/c1-59(2)55-40-43-37-51(60(45-21-9-3-10-22-45)46-23-11-4-12-24-46)34-33-42(43)39-54(55)57-56(59)41-44-38-52(61(47-25-13-5-14-26-47)48-27-15-6-16-28-48)35-36-53(44)58(57)62(49-29-17-7-18-30-49)50-31-19-8-20-32-50/h3-41H,1-2H3. The van der Waals surface area contributed by atoms with Crippen LogP contribution in [0.5, 0.6) is 0 Å². The van der Waals surface area contributed by atoms with Gasteiger partial charge in [-0.05, 0) is 148 Å². The third-order valence-corrected chi connectivity index (χ3v) is 12.5. The molecule has 0 radical (unpaired) electrons. The SMILES string of the molecule is CC1(C)c2cc3cc(N(c4ccccc4)c4ccccc4)ccc3cc2-c2c1cc1cc(N(c3ccccc3)c3ccccc3)ccc1c2N(c1ccccc1)c1ccccc1. The van der Waals surface area contributed by atoms with Gasteiger partial charge in [0, 0.05) is 61.9 Å². The number of nitrogens with zero attached hydrogens (tertiary/aromatic N) is 3. The molecule has 0 heterocycles. The van der Waals surface area contributed by atoms with Gasteiger partial charge in [-0.15, -0.1) is 0 Å². The Labute approximate surface area is 364 Å². The number of benzene rings is 10. The van der Waals surface area contributed by atoms with Crippen molar-refractivity contribution in [2.24, 2.45) is 0 Å². The van der Waals surface area contributed by atoms with E-state index in [4.69, 9.17) is 0 Å². The number of anilines is 9. The number of para-hydroxylation sites is 6. The largest absolute Gasteiger partial charge is 0.310 e. The Morgan fingerprint density at radius 3 is 1.10 bits per heavy atom. The van der Waals surface area contributed by atoms with Crippen LogP contribution in [0.4, 0.5) is 51.2 Å². The lowest BCUT2D eigenvalue weighted by atomic mass is 9.81. The van der Waals surface area contributed by atoms with Crippen molar-refractivity contribution in [1.29, 1.82) is 0 Å². The first kappa shape index (κ1) is 37.1. The minimum Gasteiger partial charge on any atom is -0.310 e. The molecule has 0 saturated carbocycles. The van der Waals surface area contributed by atoms with E-state index >= 15 is 0 Å². The van der Waals surface area contributed by atoms with Crippen LogP contribution in [0.25, 0.3) is 32.7 Å². The molecular weight excluding hydrogens is 751 g/mol. The summed E-state index contributed by atoms with van der Waals surface area (Å²) in [7, 11) is 0. The summed E-state index contributed by atoms with van der Waals surface area (Å²) in [6.45, 7) is 4.81. The van der Waals surface area contributed by atoms with Crippen LogP contribution in [0.2, 0.25) is 0 Å². The summed E-state index contributed by atoms with van der Waals surface area (Å²) in [5, 5.41) is 4.82. The Kier molecular flexibility index (Phi) is 9.17. The van der Waals surface area contributed by atoms with Crippen molar-refractivity contribution in [2.75, 3.05) is 14.7 Å². The molecule has 0 spiro atoms. The monoisotopic (exact) mass is 795 g/mol. The fraction of sp³-hybridized carbons (Fsp3) is 0.0508. The highest BCUT2D eigenvalue weighted by atomic mass is 15.2. The Hall–Kier alpha value is -7.88. The number of hydrogen-bond acceptors (Lipinski definition) is 3. The molecule has 10 aromatic rings. The normalized spacial score (nSPS) is 12.5. The van der Waals surface area contributed by atoms with Crippen molar-refractivity contribution in [3.8, 4) is 11.1 Å². The van der Waals surface area contributed by atoms with Crippen molar-refractivity contribution in [2.45, 2.75) is 19.3 Å². The summed E-state index contributed by atoms with van der Waals surface area (Å²) in [6.07, 6.45) is 0. The summed E-state index contributed by atoms with van der Waals surface area (Å²) in [6, 6.07) is 85.7. The zero-order valence-corrected chi connectivity index (χ0v) is 34.9. The van der Waals surface area contributed by atoms with E-state index in [1.54, 1.807) is 0 Å². The van der Waals surface area contributed by atoms with Crippen LogP contribution < -0.4 is 14.7 Å². The first-order chi connectivity index (χ1) is 30.5. The van der Waals surface area contributed by atoms with E-state index in [9.17, 15) is 0 Å². The summed E-state index contributed by atoms with van der Waals surface area (Å²) in [4.78, 5) is 7.18. The Balaban J connectivity index is 1.16. The second-order valence-electron chi connectivity index (χ2n) is 16.6. The zero-order chi connectivity index (χ0) is 41.6. The average Bonchev–Trinajstić information content (AvgIpc) is 3.54. The second kappa shape index (κ2) is 15.3. The Morgan fingerprint density at radius 2 is 0.661 bits per heavy atom. The van der Waals surface area contributed by atoms with Gasteiger partial charge in [0.05, 0.1) is 5.69 Å². The van der Waals surface area contributed by atoms with Gasteiger partial charge in [0.1, 0.15) is 0 Å². The predicted octanol–water partition coefficient (Wildman–Crippen LogP) is 16.7. The van der Waals surface area contributed by atoms with E-state index in [1.165, 1.54) is 49.5 Å². The summed E-state index contributed by atoms with van der Waals surface area (Å²) < 4.78 is 0. The van der Waals surface area contributed by atoms with Gasteiger partial charge < -0.3 is 14.7 Å². The molecule has 0 aliphatic heterocycles. The van der Waals surface area contributed by atoms with Crippen LogP contribution in [-0.2, 0) is 5.41 Å². The molecule has 3 heteroatoms. The van der Waals surface area contributed by atoms with E-state index in [0.29, 0.717) is 0 Å². The molecule has 0 amide bonds. The molecule has 0 bridgehead atoms. The molecule has 0 aromatic heterocycles. The highest BCUT2D eigenvalue weighted by molar-refractivity contribution is 6.12. The van der Waals surface area contributed by atoms with E-state index in [0.717, 1.165) is 45.5 Å². The van der Waals surface area contributed by atoms with Gasteiger partial charge in [0.2, 0.25) is 0 Å². The molecule has 0 saturated heterocycles. The molecule has 1 aliphatic carbocycles. The van der Waals surface area contributed by atoms with Crippen molar-refractivity contribution in [3.63, 3.8) is 0 Å². The van der Waals surface area contributed by atoms with Crippen LogP contribution >= 0.6 is 0 Å². The van der Waals surface area contributed by atoms with Gasteiger partial charge in [-0.3, -0.25) is 0 Å². The van der Waals surface area contributed by atoms with E-state index < -0.39 is 0 Å². The van der Waals surface area contributed by atoms with Crippen LogP contribution in [0, 0.1) is 0 Å². The number of hydrogen-bond donors (Lipinski definition) is 0. The minimum atomic E-state index is -0.302. The maximum atomic E-state index is 2.48. The van der Waals surface area contributed by atoms with Gasteiger partial charge in [-0.25, -0.2) is 0 Å². The maximum Gasteiger partial charge on any atom is 0.0621 e. The van der Waals surface area contributed by atoms with Gasteiger partial charge in [0.25, 0.3) is 0 Å². The van der Waals surface area contributed by atoms with Crippen LogP contribution in [0.15, 0.2) is 237 Å². The molecule has 1 aliphatic rings. The summed E-state index contributed by atoms with van der Waals surface area (Å²) >= 11 is 0. The fourth-order valence-electron chi connectivity index (χ4n) is 9.57. The van der Waals surface area contributed by atoms with Crippen molar-refractivity contribution < 1.29 is 0 Å². The molecular formula is C59H45N3. The quantitative estimate of drug-likeness (QED) is 0.144. The third kappa shape index (κ3) is 6.38. The third-order valence-electron chi connectivity index (χ3n) is 12.5. The van der Waals surface area contributed by atoms with E-state index in [-0.39, 0.29) is 5.41 Å². The first-order valence-electron chi connectivity index (χ1n) is 21.4.